The molecule has 1 spiro atoms. The predicted octanol–water partition coefficient (Wildman–Crippen LogP) is 3.32. The van der Waals surface area contributed by atoms with Crippen LogP contribution < -0.4 is 0 Å². The lowest BCUT2D eigenvalue weighted by atomic mass is 9.67. The minimum Gasteiger partial charge on any atom is -0.455 e. The molecule has 2 rings (SSSR count). The summed E-state index contributed by atoms with van der Waals surface area (Å²) in [6, 6.07) is 0. The number of ether oxygens (including phenoxy) is 1. The van der Waals surface area contributed by atoms with Crippen molar-refractivity contribution in [2.75, 3.05) is 0 Å². The van der Waals surface area contributed by atoms with Crippen molar-refractivity contribution in [3.8, 4) is 0 Å². The van der Waals surface area contributed by atoms with Crippen molar-refractivity contribution >= 4 is 5.97 Å². The summed E-state index contributed by atoms with van der Waals surface area (Å²) in [6.07, 6.45) is 4.21. The average molecular weight is 222 g/mol. The molecule has 1 saturated heterocycles. The van der Waals surface area contributed by atoms with Gasteiger partial charge < -0.3 is 4.74 Å². The molecule has 1 heterocycles. The van der Waals surface area contributed by atoms with Crippen molar-refractivity contribution < 1.29 is 9.53 Å². The molecule has 1 aliphatic heterocycles. The van der Waals surface area contributed by atoms with Gasteiger partial charge in [-0.05, 0) is 37.0 Å². The van der Waals surface area contributed by atoms with Gasteiger partial charge in [-0.25, -0.2) is 4.79 Å². The second-order valence-electron chi connectivity index (χ2n) is 5.92. The number of hydrogen-bond acceptors (Lipinski definition) is 2. The van der Waals surface area contributed by atoms with Crippen molar-refractivity contribution in [1.29, 1.82) is 0 Å². The van der Waals surface area contributed by atoms with Crippen LogP contribution in [0, 0.1) is 17.8 Å². The zero-order valence-electron chi connectivity index (χ0n) is 10.6. The van der Waals surface area contributed by atoms with Crippen LogP contribution in [-0.4, -0.2) is 11.6 Å². The van der Waals surface area contributed by atoms with E-state index in [0.717, 1.165) is 12.8 Å². The fourth-order valence-electron chi connectivity index (χ4n) is 3.16. The molecule has 1 aliphatic carbocycles. The van der Waals surface area contributed by atoms with Gasteiger partial charge in [0.05, 0.1) is 0 Å². The normalized spacial score (nSPS) is 39.5. The first-order valence-electron chi connectivity index (χ1n) is 6.36. The minimum absolute atomic E-state index is 0.170. The molecule has 0 amide bonds. The Kier molecular flexibility index (Phi) is 2.85. The Morgan fingerprint density at radius 2 is 2.12 bits per heavy atom. The van der Waals surface area contributed by atoms with Gasteiger partial charge in [0.25, 0.3) is 0 Å². The Labute approximate surface area is 98.1 Å². The highest BCUT2D eigenvalue weighted by molar-refractivity contribution is 5.90. The van der Waals surface area contributed by atoms with E-state index < -0.39 is 0 Å². The largest absolute Gasteiger partial charge is 0.455 e. The van der Waals surface area contributed by atoms with Gasteiger partial charge in [-0.1, -0.05) is 27.4 Å². The van der Waals surface area contributed by atoms with Crippen molar-refractivity contribution in [3.05, 3.63) is 12.2 Å². The third-order valence-electron chi connectivity index (χ3n) is 4.52. The van der Waals surface area contributed by atoms with Gasteiger partial charge in [0.1, 0.15) is 5.60 Å². The van der Waals surface area contributed by atoms with E-state index >= 15 is 0 Å². The number of rotatable bonds is 1. The quantitative estimate of drug-likeness (QED) is 0.502. The molecule has 0 radical (unpaired) electrons. The van der Waals surface area contributed by atoms with Crippen molar-refractivity contribution in [1.82, 2.24) is 0 Å². The molecule has 0 unspecified atom stereocenters. The summed E-state index contributed by atoms with van der Waals surface area (Å²) in [7, 11) is 0. The van der Waals surface area contributed by atoms with Crippen LogP contribution in [0.1, 0.15) is 46.5 Å². The molecule has 2 nitrogen and oxygen atoms in total. The zero-order chi connectivity index (χ0) is 11.9. The maximum Gasteiger partial charge on any atom is 0.334 e. The van der Waals surface area contributed by atoms with Crippen molar-refractivity contribution in [2.24, 2.45) is 17.8 Å². The maximum atomic E-state index is 11.5. The van der Waals surface area contributed by atoms with Crippen molar-refractivity contribution in [3.63, 3.8) is 0 Å². The van der Waals surface area contributed by atoms with Crippen LogP contribution in [0.25, 0.3) is 0 Å². The molecule has 0 bridgehead atoms. The molecule has 90 valence electrons. The Morgan fingerprint density at radius 1 is 1.44 bits per heavy atom. The summed E-state index contributed by atoms with van der Waals surface area (Å²) < 4.78 is 5.66. The SMILES string of the molecule is C=C1C[C@@]2(C[C@H](C(C)C)CC[C@H]2C)OC1=O. The van der Waals surface area contributed by atoms with Crippen LogP contribution in [0.3, 0.4) is 0 Å². The third-order valence-corrected chi connectivity index (χ3v) is 4.52. The van der Waals surface area contributed by atoms with E-state index in [1.54, 1.807) is 0 Å². The first-order chi connectivity index (χ1) is 7.44. The molecule has 0 aromatic heterocycles. The van der Waals surface area contributed by atoms with E-state index in [1.165, 1.54) is 12.8 Å². The summed E-state index contributed by atoms with van der Waals surface area (Å²) in [6.45, 7) is 10.6. The molecule has 16 heavy (non-hydrogen) atoms. The van der Waals surface area contributed by atoms with Crippen LogP contribution in [0.15, 0.2) is 12.2 Å². The fraction of sp³-hybridized carbons (Fsp3) is 0.786. The minimum atomic E-state index is -0.221. The second kappa shape index (κ2) is 3.90. The maximum absolute atomic E-state index is 11.5. The number of carbonyl (C=O) groups excluding carboxylic acids is 1. The smallest absolute Gasteiger partial charge is 0.334 e. The Bertz CT molecular complexity index is 301. The van der Waals surface area contributed by atoms with E-state index in [1.807, 2.05) is 0 Å². The molecule has 0 N–H and O–H groups in total. The van der Waals surface area contributed by atoms with Crippen molar-refractivity contribution in [2.45, 2.75) is 52.1 Å². The summed E-state index contributed by atoms with van der Waals surface area (Å²) in [5.41, 5.74) is 0.442. The van der Waals surface area contributed by atoms with Crippen LogP contribution in [0.2, 0.25) is 0 Å². The fourth-order valence-corrected chi connectivity index (χ4v) is 3.16. The summed E-state index contributed by atoms with van der Waals surface area (Å²) in [5, 5.41) is 0. The van der Waals surface area contributed by atoms with Gasteiger partial charge in [-0.2, -0.15) is 0 Å². The molecule has 3 atom stereocenters. The van der Waals surface area contributed by atoms with Gasteiger partial charge >= 0.3 is 5.97 Å². The summed E-state index contributed by atoms with van der Waals surface area (Å²) in [5.74, 6) is 1.67. The van der Waals surface area contributed by atoms with E-state index in [2.05, 4.69) is 27.4 Å². The monoisotopic (exact) mass is 222 g/mol. The molecular weight excluding hydrogens is 200 g/mol. The highest BCUT2D eigenvalue weighted by Gasteiger charge is 2.50. The zero-order valence-corrected chi connectivity index (χ0v) is 10.6. The van der Waals surface area contributed by atoms with Crippen LogP contribution in [0.5, 0.6) is 0 Å². The lowest BCUT2D eigenvalue weighted by Crippen LogP contribution is -2.43. The van der Waals surface area contributed by atoms with Gasteiger partial charge in [0, 0.05) is 12.0 Å². The lowest BCUT2D eigenvalue weighted by Gasteiger charge is -2.42. The van der Waals surface area contributed by atoms with E-state index in [0.29, 0.717) is 23.3 Å². The number of esters is 1. The van der Waals surface area contributed by atoms with Gasteiger partial charge in [-0.15, -0.1) is 0 Å². The van der Waals surface area contributed by atoms with Crippen LogP contribution in [-0.2, 0) is 9.53 Å². The van der Waals surface area contributed by atoms with E-state index in [4.69, 9.17) is 4.74 Å². The van der Waals surface area contributed by atoms with Gasteiger partial charge in [0.15, 0.2) is 0 Å². The summed E-state index contributed by atoms with van der Waals surface area (Å²) >= 11 is 0. The van der Waals surface area contributed by atoms with E-state index in [-0.39, 0.29) is 11.6 Å². The van der Waals surface area contributed by atoms with Gasteiger partial charge in [0.2, 0.25) is 0 Å². The van der Waals surface area contributed by atoms with E-state index in [9.17, 15) is 4.79 Å². The first kappa shape index (κ1) is 11.7. The first-order valence-corrected chi connectivity index (χ1v) is 6.36. The molecule has 2 aliphatic rings. The van der Waals surface area contributed by atoms with Gasteiger partial charge in [-0.3, -0.25) is 0 Å². The van der Waals surface area contributed by atoms with Crippen LogP contribution >= 0.6 is 0 Å². The summed E-state index contributed by atoms with van der Waals surface area (Å²) in [4.78, 5) is 11.5. The lowest BCUT2D eigenvalue weighted by molar-refractivity contribution is -0.156. The molecule has 2 fully saturated rings. The highest BCUT2D eigenvalue weighted by atomic mass is 16.6. The average Bonchev–Trinajstić information content (AvgIpc) is 2.48. The Morgan fingerprint density at radius 3 is 2.62 bits per heavy atom. The molecule has 0 aromatic carbocycles. The Hall–Kier alpha value is -0.790. The standard InChI is InChI=1S/C14H22O2/c1-9(2)12-6-5-11(4)14(8-12)7-10(3)13(15)16-14/h9,11-12H,3,5-8H2,1-2,4H3/t11-,12-,14+/m1/s1. The third kappa shape index (κ3) is 1.79. The molecule has 2 heteroatoms. The Balaban J connectivity index is 2.18. The molecular formula is C14H22O2. The molecule has 1 saturated carbocycles. The second-order valence-corrected chi connectivity index (χ2v) is 5.92. The number of carbonyl (C=O) groups is 1. The molecule has 0 aromatic rings. The highest BCUT2D eigenvalue weighted by Crippen LogP contribution is 2.48. The number of hydrogen-bond donors (Lipinski definition) is 0. The van der Waals surface area contributed by atoms with Crippen LogP contribution in [0.4, 0.5) is 0 Å². The topological polar surface area (TPSA) is 26.3 Å². The predicted molar refractivity (Wildman–Crippen MR) is 63.9 cm³/mol.